The Morgan fingerprint density at radius 1 is 1.26 bits per heavy atom. The third kappa shape index (κ3) is 4.63. The molecular formula is C21H28N4O2. The van der Waals surface area contributed by atoms with Gasteiger partial charge in [0.25, 0.3) is 0 Å². The number of piperidine rings is 1. The summed E-state index contributed by atoms with van der Waals surface area (Å²) in [6.45, 7) is 7.86. The van der Waals surface area contributed by atoms with Gasteiger partial charge in [-0.3, -0.25) is 9.69 Å². The second-order valence-corrected chi connectivity index (χ2v) is 7.00. The number of benzene rings is 1. The molecule has 1 saturated heterocycles. The van der Waals surface area contributed by atoms with Crippen molar-refractivity contribution in [2.75, 3.05) is 26.2 Å². The summed E-state index contributed by atoms with van der Waals surface area (Å²) in [4.78, 5) is 25.4. The van der Waals surface area contributed by atoms with Crippen LogP contribution in [-0.2, 0) is 11.3 Å². The summed E-state index contributed by atoms with van der Waals surface area (Å²) in [5.41, 5.74) is 1.73. The van der Waals surface area contributed by atoms with Crippen molar-refractivity contribution in [2.24, 2.45) is 5.92 Å². The molecule has 1 N–H and O–H groups in total. The minimum absolute atomic E-state index is 0.0430. The Morgan fingerprint density at radius 3 is 2.70 bits per heavy atom. The minimum Gasteiger partial charge on any atom is -0.508 e. The summed E-state index contributed by atoms with van der Waals surface area (Å²) in [6.07, 6.45) is 5.36. The van der Waals surface area contributed by atoms with Crippen molar-refractivity contribution in [1.82, 2.24) is 19.8 Å². The van der Waals surface area contributed by atoms with Crippen LogP contribution in [0, 0.1) is 5.92 Å². The van der Waals surface area contributed by atoms with E-state index in [-0.39, 0.29) is 17.6 Å². The van der Waals surface area contributed by atoms with Gasteiger partial charge in [-0.25, -0.2) is 9.97 Å². The molecule has 1 aromatic carbocycles. The van der Waals surface area contributed by atoms with Crippen molar-refractivity contribution in [3.8, 4) is 17.1 Å². The Morgan fingerprint density at radius 2 is 2.00 bits per heavy atom. The van der Waals surface area contributed by atoms with E-state index in [1.165, 1.54) is 0 Å². The normalized spacial score (nSPS) is 17.6. The average Bonchev–Trinajstić information content (AvgIpc) is 2.71. The molecule has 1 amide bonds. The summed E-state index contributed by atoms with van der Waals surface area (Å²) in [5, 5.41) is 10.3. The highest BCUT2D eigenvalue weighted by atomic mass is 16.3. The maximum Gasteiger partial charge on any atom is 0.226 e. The molecule has 0 spiro atoms. The van der Waals surface area contributed by atoms with Crippen molar-refractivity contribution in [3.05, 3.63) is 42.2 Å². The summed E-state index contributed by atoms with van der Waals surface area (Å²) < 4.78 is 0. The van der Waals surface area contributed by atoms with E-state index in [0.717, 1.165) is 50.1 Å². The number of rotatable bonds is 6. The van der Waals surface area contributed by atoms with Gasteiger partial charge in [0.05, 0.1) is 5.92 Å². The smallest absolute Gasteiger partial charge is 0.226 e. The van der Waals surface area contributed by atoms with E-state index >= 15 is 0 Å². The predicted molar refractivity (Wildman–Crippen MR) is 105 cm³/mol. The molecule has 0 aliphatic carbocycles. The van der Waals surface area contributed by atoms with E-state index < -0.39 is 0 Å². The Balaban J connectivity index is 1.72. The predicted octanol–water partition coefficient (Wildman–Crippen LogP) is 2.93. The fourth-order valence-electron chi connectivity index (χ4n) is 3.73. The van der Waals surface area contributed by atoms with Crippen LogP contribution >= 0.6 is 0 Å². The zero-order chi connectivity index (χ0) is 19.2. The molecule has 3 rings (SSSR count). The number of phenolic OH excluding ortho intramolecular Hbond substituents is 1. The number of hydrogen-bond acceptors (Lipinski definition) is 5. The quantitative estimate of drug-likeness (QED) is 0.849. The fourth-order valence-corrected chi connectivity index (χ4v) is 3.73. The lowest BCUT2D eigenvalue weighted by Crippen LogP contribution is -2.44. The molecule has 1 unspecified atom stereocenters. The van der Waals surface area contributed by atoms with E-state index in [2.05, 4.69) is 14.9 Å². The molecule has 2 heterocycles. The van der Waals surface area contributed by atoms with Crippen LogP contribution in [0.25, 0.3) is 11.4 Å². The Bertz CT molecular complexity index is 762. The largest absolute Gasteiger partial charge is 0.508 e. The van der Waals surface area contributed by atoms with E-state index in [4.69, 9.17) is 0 Å². The maximum absolute atomic E-state index is 12.7. The van der Waals surface area contributed by atoms with Gasteiger partial charge in [-0.1, -0.05) is 0 Å². The van der Waals surface area contributed by atoms with Crippen LogP contribution in [0.1, 0.15) is 32.3 Å². The Labute approximate surface area is 160 Å². The minimum atomic E-state index is 0.0430. The monoisotopic (exact) mass is 368 g/mol. The highest BCUT2D eigenvalue weighted by molar-refractivity contribution is 5.79. The number of likely N-dealkylation sites (tertiary alicyclic amines) is 1. The molecule has 0 saturated carbocycles. The first-order chi connectivity index (χ1) is 13.1. The standard InChI is InChI=1S/C21H28N4O2/c1-3-25(4-2)21(27)17-7-5-12-24(14-17)15-18-13-16(8-9-19(18)26)20-22-10-6-11-23-20/h6,8-11,13,17,26H,3-5,7,12,14-15H2,1-2H3. The number of hydrogen-bond donors (Lipinski definition) is 1. The summed E-state index contributed by atoms with van der Waals surface area (Å²) in [7, 11) is 0. The van der Waals surface area contributed by atoms with Crippen LogP contribution in [0.15, 0.2) is 36.7 Å². The van der Waals surface area contributed by atoms with Crippen molar-refractivity contribution < 1.29 is 9.90 Å². The summed E-state index contributed by atoms with van der Waals surface area (Å²) in [5.74, 6) is 1.21. The topological polar surface area (TPSA) is 69.6 Å². The lowest BCUT2D eigenvalue weighted by molar-refractivity contribution is -0.137. The first-order valence-corrected chi connectivity index (χ1v) is 9.72. The number of nitrogens with zero attached hydrogens (tertiary/aromatic N) is 4. The fraction of sp³-hybridized carbons (Fsp3) is 0.476. The van der Waals surface area contributed by atoms with E-state index in [9.17, 15) is 9.90 Å². The molecule has 6 nitrogen and oxygen atoms in total. The highest BCUT2D eigenvalue weighted by Crippen LogP contribution is 2.27. The molecule has 0 radical (unpaired) electrons. The van der Waals surface area contributed by atoms with Crippen LogP contribution in [0.2, 0.25) is 0 Å². The van der Waals surface area contributed by atoms with Gasteiger partial charge in [0.2, 0.25) is 5.91 Å². The lowest BCUT2D eigenvalue weighted by Gasteiger charge is -2.34. The molecule has 27 heavy (non-hydrogen) atoms. The van der Waals surface area contributed by atoms with E-state index in [1.807, 2.05) is 30.9 Å². The average molecular weight is 368 g/mol. The van der Waals surface area contributed by atoms with Gasteiger partial charge in [-0.15, -0.1) is 0 Å². The molecule has 2 aromatic rings. The highest BCUT2D eigenvalue weighted by Gasteiger charge is 2.28. The van der Waals surface area contributed by atoms with E-state index in [0.29, 0.717) is 12.4 Å². The van der Waals surface area contributed by atoms with Gasteiger partial charge in [-0.2, -0.15) is 0 Å². The molecular weight excluding hydrogens is 340 g/mol. The van der Waals surface area contributed by atoms with Gasteiger partial charge in [0.15, 0.2) is 5.82 Å². The first kappa shape index (κ1) is 19.3. The van der Waals surface area contributed by atoms with Crippen molar-refractivity contribution in [1.29, 1.82) is 0 Å². The second kappa shape index (κ2) is 8.95. The van der Waals surface area contributed by atoms with Crippen LogP contribution in [0.3, 0.4) is 0 Å². The zero-order valence-corrected chi connectivity index (χ0v) is 16.1. The number of carbonyl (C=O) groups excluding carboxylic acids is 1. The maximum atomic E-state index is 12.7. The summed E-state index contributed by atoms with van der Waals surface area (Å²) in [6, 6.07) is 7.26. The van der Waals surface area contributed by atoms with Crippen molar-refractivity contribution in [2.45, 2.75) is 33.2 Å². The van der Waals surface area contributed by atoms with E-state index in [1.54, 1.807) is 24.5 Å². The van der Waals surface area contributed by atoms with Gasteiger partial charge in [-0.05, 0) is 57.5 Å². The number of amides is 1. The molecule has 1 aliphatic heterocycles. The molecule has 1 fully saturated rings. The van der Waals surface area contributed by atoms with Crippen molar-refractivity contribution in [3.63, 3.8) is 0 Å². The Kier molecular flexibility index (Phi) is 6.40. The first-order valence-electron chi connectivity index (χ1n) is 9.72. The molecule has 144 valence electrons. The number of aromatic nitrogens is 2. The Hall–Kier alpha value is -2.47. The van der Waals surface area contributed by atoms with Gasteiger partial charge < -0.3 is 10.0 Å². The van der Waals surface area contributed by atoms with Crippen LogP contribution in [0.5, 0.6) is 5.75 Å². The van der Waals surface area contributed by atoms with Crippen LogP contribution < -0.4 is 0 Å². The molecule has 0 bridgehead atoms. The molecule has 1 aromatic heterocycles. The second-order valence-electron chi connectivity index (χ2n) is 7.00. The number of carbonyl (C=O) groups is 1. The molecule has 1 aliphatic rings. The van der Waals surface area contributed by atoms with Crippen molar-refractivity contribution >= 4 is 5.91 Å². The van der Waals surface area contributed by atoms with Gasteiger partial charge in [0.1, 0.15) is 5.75 Å². The number of phenols is 1. The summed E-state index contributed by atoms with van der Waals surface area (Å²) >= 11 is 0. The number of aromatic hydroxyl groups is 1. The SMILES string of the molecule is CCN(CC)C(=O)C1CCCN(Cc2cc(-c3ncccn3)ccc2O)C1. The van der Waals surface area contributed by atoms with Crippen LogP contribution in [0.4, 0.5) is 0 Å². The third-order valence-electron chi connectivity index (χ3n) is 5.23. The van der Waals surface area contributed by atoms with Gasteiger partial charge in [0, 0.05) is 49.7 Å². The lowest BCUT2D eigenvalue weighted by atomic mass is 9.95. The van der Waals surface area contributed by atoms with Crippen LogP contribution in [-0.4, -0.2) is 57.0 Å². The molecule has 6 heteroatoms. The molecule has 1 atom stereocenters. The zero-order valence-electron chi connectivity index (χ0n) is 16.1. The third-order valence-corrected chi connectivity index (χ3v) is 5.23. The van der Waals surface area contributed by atoms with Gasteiger partial charge >= 0.3 is 0 Å².